The minimum atomic E-state index is -0.529. The zero-order valence-electron chi connectivity index (χ0n) is 14.3. The Bertz CT molecular complexity index is 1000. The van der Waals surface area contributed by atoms with Gasteiger partial charge in [-0.1, -0.05) is 30.3 Å². The second-order valence-electron chi connectivity index (χ2n) is 5.92. The monoisotopic (exact) mass is 363 g/mol. The molecule has 0 aliphatic carbocycles. The van der Waals surface area contributed by atoms with Crippen LogP contribution in [0.25, 0.3) is 10.8 Å². The number of nitro benzene ring substituents is 1. The fourth-order valence-electron chi connectivity index (χ4n) is 2.62. The Morgan fingerprint density at radius 1 is 0.926 bits per heavy atom. The Balaban J connectivity index is 1.49. The van der Waals surface area contributed by atoms with Crippen molar-refractivity contribution < 1.29 is 14.5 Å². The topological polar surface area (TPSA) is 101 Å². The van der Waals surface area contributed by atoms with Crippen molar-refractivity contribution in [3.05, 3.63) is 82.4 Å². The van der Waals surface area contributed by atoms with Gasteiger partial charge in [0.1, 0.15) is 0 Å². The van der Waals surface area contributed by atoms with Gasteiger partial charge in [-0.15, -0.1) is 0 Å². The summed E-state index contributed by atoms with van der Waals surface area (Å²) in [7, 11) is 0. The van der Waals surface area contributed by atoms with Crippen LogP contribution in [0, 0.1) is 10.1 Å². The molecule has 0 aliphatic heterocycles. The van der Waals surface area contributed by atoms with E-state index < -0.39 is 4.92 Å². The van der Waals surface area contributed by atoms with Crippen molar-refractivity contribution in [2.45, 2.75) is 6.42 Å². The summed E-state index contributed by atoms with van der Waals surface area (Å²) in [6.45, 7) is 0.162. The minimum absolute atomic E-state index is 0.0821. The van der Waals surface area contributed by atoms with E-state index in [4.69, 9.17) is 0 Å². The van der Waals surface area contributed by atoms with Gasteiger partial charge in [0.15, 0.2) is 0 Å². The van der Waals surface area contributed by atoms with Crippen molar-refractivity contribution in [3.8, 4) is 0 Å². The molecule has 3 aromatic rings. The number of fused-ring (bicyclic) bond motifs is 1. The highest BCUT2D eigenvalue weighted by atomic mass is 16.6. The molecule has 0 atom stereocenters. The lowest BCUT2D eigenvalue weighted by atomic mass is 10.1. The van der Waals surface area contributed by atoms with Gasteiger partial charge in [-0.2, -0.15) is 0 Å². The molecular formula is C20H17N3O4. The Hall–Kier alpha value is -3.74. The highest BCUT2D eigenvalue weighted by Crippen LogP contribution is 2.18. The predicted molar refractivity (Wildman–Crippen MR) is 103 cm³/mol. The Morgan fingerprint density at radius 3 is 2.33 bits per heavy atom. The second-order valence-corrected chi connectivity index (χ2v) is 5.92. The van der Waals surface area contributed by atoms with E-state index in [0.29, 0.717) is 11.3 Å². The summed E-state index contributed by atoms with van der Waals surface area (Å²) in [6, 6.07) is 18.8. The number of carbonyl (C=O) groups excluding carboxylic acids is 2. The summed E-state index contributed by atoms with van der Waals surface area (Å²) in [4.78, 5) is 34.1. The van der Waals surface area contributed by atoms with E-state index in [1.165, 1.54) is 24.3 Å². The standard InChI is InChI=1S/C20H17N3O4/c24-19(22-17-8-5-14-3-1-2-4-16(14)13-17)11-12-21-20(25)15-6-9-18(10-7-15)23(26)27/h1-10,13H,11-12H2,(H,21,25)(H,22,24). The first kappa shape index (κ1) is 18.1. The highest BCUT2D eigenvalue weighted by Gasteiger charge is 2.10. The number of anilines is 1. The van der Waals surface area contributed by atoms with Crippen LogP contribution >= 0.6 is 0 Å². The minimum Gasteiger partial charge on any atom is -0.352 e. The summed E-state index contributed by atoms with van der Waals surface area (Å²) in [5.74, 6) is -0.599. The maximum atomic E-state index is 12.0. The van der Waals surface area contributed by atoms with Crippen molar-refractivity contribution in [3.63, 3.8) is 0 Å². The first-order chi connectivity index (χ1) is 13.0. The van der Waals surface area contributed by atoms with Crippen LogP contribution in [-0.4, -0.2) is 23.3 Å². The van der Waals surface area contributed by atoms with Crippen LogP contribution < -0.4 is 10.6 Å². The smallest absolute Gasteiger partial charge is 0.269 e. The molecule has 0 aromatic heterocycles. The van der Waals surface area contributed by atoms with Gasteiger partial charge in [0.2, 0.25) is 5.91 Å². The van der Waals surface area contributed by atoms with Gasteiger partial charge < -0.3 is 10.6 Å². The van der Waals surface area contributed by atoms with Crippen molar-refractivity contribution in [1.29, 1.82) is 0 Å². The normalized spacial score (nSPS) is 10.4. The zero-order chi connectivity index (χ0) is 19.2. The van der Waals surface area contributed by atoms with Crippen molar-refractivity contribution in [2.24, 2.45) is 0 Å². The number of nitrogens with one attached hydrogen (secondary N) is 2. The molecule has 0 spiro atoms. The molecule has 7 heteroatoms. The molecule has 0 unspecified atom stereocenters. The Labute approximate surface area is 155 Å². The number of hydrogen-bond donors (Lipinski definition) is 2. The van der Waals surface area contributed by atoms with Gasteiger partial charge in [-0.3, -0.25) is 19.7 Å². The first-order valence-corrected chi connectivity index (χ1v) is 8.34. The number of nitrogens with zero attached hydrogens (tertiary/aromatic N) is 1. The van der Waals surface area contributed by atoms with Gasteiger partial charge in [0.25, 0.3) is 11.6 Å². The average molecular weight is 363 g/mol. The number of nitro groups is 1. The third-order valence-electron chi connectivity index (χ3n) is 4.01. The Morgan fingerprint density at radius 2 is 1.63 bits per heavy atom. The number of rotatable bonds is 6. The van der Waals surface area contributed by atoms with Crippen molar-refractivity contribution >= 4 is 34.0 Å². The van der Waals surface area contributed by atoms with Gasteiger partial charge in [-0.05, 0) is 35.0 Å². The molecule has 0 aliphatic rings. The molecule has 0 heterocycles. The van der Waals surface area contributed by atoms with Crippen LogP contribution in [0.4, 0.5) is 11.4 Å². The molecule has 0 radical (unpaired) electrons. The summed E-state index contributed by atoms with van der Waals surface area (Å²) in [6.07, 6.45) is 0.117. The SMILES string of the molecule is O=C(CCNC(=O)c1ccc([N+](=O)[O-])cc1)Nc1ccc2ccccc2c1. The average Bonchev–Trinajstić information content (AvgIpc) is 2.68. The fraction of sp³-hybridized carbons (Fsp3) is 0.100. The molecule has 0 fully saturated rings. The number of non-ortho nitro benzene ring substituents is 1. The maximum absolute atomic E-state index is 12.0. The molecule has 2 amide bonds. The highest BCUT2D eigenvalue weighted by molar-refractivity contribution is 5.96. The quantitative estimate of drug-likeness (QED) is 0.517. The summed E-state index contributed by atoms with van der Waals surface area (Å²) >= 11 is 0. The van der Waals surface area contributed by atoms with Gasteiger partial charge in [0.05, 0.1) is 4.92 Å². The third kappa shape index (κ3) is 4.66. The molecule has 3 rings (SSSR count). The van der Waals surface area contributed by atoms with E-state index in [2.05, 4.69) is 10.6 Å². The van der Waals surface area contributed by atoms with Gasteiger partial charge in [0, 0.05) is 36.3 Å². The number of hydrogen-bond acceptors (Lipinski definition) is 4. The molecule has 0 bridgehead atoms. The van der Waals surface area contributed by atoms with Crippen LogP contribution in [0.2, 0.25) is 0 Å². The van der Waals surface area contributed by atoms with Gasteiger partial charge >= 0.3 is 0 Å². The maximum Gasteiger partial charge on any atom is 0.269 e. The molecule has 3 aromatic carbocycles. The lowest BCUT2D eigenvalue weighted by Gasteiger charge is -2.08. The van der Waals surface area contributed by atoms with Crippen molar-refractivity contribution in [1.82, 2.24) is 5.32 Å². The lowest BCUT2D eigenvalue weighted by Crippen LogP contribution is -2.27. The molecule has 0 saturated heterocycles. The second kappa shape index (κ2) is 8.09. The van der Waals surface area contributed by atoms with Crippen LogP contribution in [0.1, 0.15) is 16.8 Å². The molecule has 0 saturated carbocycles. The van der Waals surface area contributed by atoms with Crippen LogP contribution in [0.5, 0.6) is 0 Å². The molecule has 2 N–H and O–H groups in total. The number of carbonyl (C=O) groups is 2. The molecule has 136 valence electrons. The van der Waals surface area contributed by atoms with Crippen LogP contribution in [0.15, 0.2) is 66.7 Å². The largest absolute Gasteiger partial charge is 0.352 e. The van der Waals surface area contributed by atoms with E-state index in [1.807, 2.05) is 42.5 Å². The first-order valence-electron chi connectivity index (χ1n) is 8.34. The summed E-state index contributed by atoms with van der Waals surface area (Å²) in [5.41, 5.74) is 0.914. The van der Waals surface area contributed by atoms with Crippen LogP contribution in [-0.2, 0) is 4.79 Å². The summed E-state index contributed by atoms with van der Waals surface area (Å²) in [5, 5.41) is 18.2. The van der Waals surface area contributed by atoms with Crippen LogP contribution in [0.3, 0.4) is 0 Å². The van der Waals surface area contributed by atoms with E-state index in [9.17, 15) is 19.7 Å². The fourth-order valence-corrected chi connectivity index (χ4v) is 2.62. The molecule has 7 nitrogen and oxygen atoms in total. The van der Waals surface area contributed by atoms with E-state index in [1.54, 1.807) is 0 Å². The van der Waals surface area contributed by atoms with Gasteiger partial charge in [-0.25, -0.2) is 0 Å². The lowest BCUT2D eigenvalue weighted by molar-refractivity contribution is -0.384. The summed E-state index contributed by atoms with van der Waals surface area (Å²) < 4.78 is 0. The molecular weight excluding hydrogens is 346 g/mol. The third-order valence-corrected chi connectivity index (χ3v) is 4.01. The number of amides is 2. The van der Waals surface area contributed by atoms with E-state index in [0.717, 1.165) is 10.8 Å². The van der Waals surface area contributed by atoms with E-state index in [-0.39, 0.29) is 30.5 Å². The van der Waals surface area contributed by atoms with Crippen molar-refractivity contribution in [2.75, 3.05) is 11.9 Å². The zero-order valence-corrected chi connectivity index (χ0v) is 14.3. The van der Waals surface area contributed by atoms with E-state index >= 15 is 0 Å². The number of benzene rings is 3. The predicted octanol–water partition coefficient (Wildman–Crippen LogP) is 3.51. The molecule has 27 heavy (non-hydrogen) atoms. The Kier molecular flexibility index (Phi) is 5.41.